The minimum Gasteiger partial charge on any atom is -0.451 e. The van der Waals surface area contributed by atoms with Crippen LogP contribution in [0.1, 0.15) is 25.3 Å². The van der Waals surface area contributed by atoms with Crippen molar-refractivity contribution in [3.05, 3.63) is 59.7 Å². The molecule has 0 atom stereocenters. The van der Waals surface area contributed by atoms with Crippen molar-refractivity contribution in [1.82, 2.24) is 0 Å². The fourth-order valence-corrected chi connectivity index (χ4v) is 1.62. The first kappa shape index (κ1) is 12.6. The molecule has 1 nitrogen and oxygen atoms in total. The maximum absolute atomic E-state index is 13.4. The van der Waals surface area contributed by atoms with Gasteiger partial charge in [-0.05, 0) is 35.7 Å². The summed E-state index contributed by atoms with van der Waals surface area (Å²) in [5, 5.41) is 0. The van der Waals surface area contributed by atoms with Crippen LogP contribution in [0.5, 0.6) is 11.5 Å². The average molecular weight is 248 g/mol. The van der Waals surface area contributed by atoms with Crippen LogP contribution in [-0.2, 0) is 0 Å². The molecule has 0 radical (unpaired) electrons. The Morgan fingerprint density at radius 2 is 1.44 bits per heavy atom. The highest BCUT2D eigenvalue weighted by Crippen LogP contribution is 2.28. The summed E-state index contributed by atoms with van der Waals surface area (Å²) in [5.74, 6) is -0.951. The normalized spacial score (nSPS) is 10.7. The van der Waals surface area contributed by atoms with Gasteiger partial charge in [-0.15, -0.1) is 0 Å². The first-order chi connectivity index (χ1) is 8.58. The van der Waals surface area contributed by atoms with Gasteiger partial charge in [0.25, 0.3) is 0 Å². The van der Waals surface area contributed by atoms with Crippen LogP contribution in [0.3, 0.4) is 0 Å². The van der Waals surface area contributed by atoms with Gasteiger partial charge in [-0.2, -0.15) is 0 Å². The third-order valence-corrected chi connectivity index (χ3v) is 2.69. The van der Waals surface area contributed by atoms with Crippen molar-refractivity contribution >= 4 is 0 Å². The Balaban J connectivity index is 2.24. The lowest BCUT2D eigenvalue weighted by Gasteiger charge is -2.09. The van der Waals surface area contributed by atoms with Crippen molar-refractivity contribution in [1.29, 1.82) is 0 Å². The number of hydrogen-bond acceptors (Lipinski definition) is 1. The molecule has 0 aliphatic carbocycles. The largest absolute Gasteiger partial charge is 0.451 e. The summed E-state index contributed by atoms with van der Waals surface area (Å²) >= 11 is 0. The Hall–Kier alpha value is -1.90. The van der Waals surface area contributed by atoms with Gasteiger partial charge in [0, 0.05) is 0 Å². The fraction of sp³-hybridized carbons (Fsp3) is 0.200. The molecule has 0 aliphatic rings. The van der Waals surface area contributed by atoms with E-state index in [1.165, 1.54) is 18.2 Å². The van der Waals surface area contributed by atoms with Crippen LogP contribution >= 0.6 is 0 Å². The highest BCUT2D eigenvalue weighted by atomic mass is 19.1. The van der Waals surface area contributed by atoms with E-state index in [2.05, 4.69) is 13.8 Å². The van der Waals surface area contributed by atoms with Crippen LogP contribution in [0.4, 0.5) is 8.78 Å². The van der Waals surface area contributed by atoms with Crippen molar-refractivity contribution in [2.24, 2.45) is 0 Å². The number of para-hydroxylation sites is 1. The van der Waals surface area contributed by atoms with Gasteiger partial charge in [-0.3, -0.25) is 0 Å². The molecule has 0 heterocycles. The zero-order chi connectivity index (χ0) is 13.1. The molecule has 0 unspecified atom stereocenters. The summed E-state index contributed by atoms with van der Waals surface area (Å²) in [6.45, 7) is 4.15. The molecule has 2 rings (SSSR count). The van der Waals surface area contributed by atoms with Crippen LogP contribution < -0.4 is 4.74 Å². The summed E-state index contributed by atoms with van der Waals surface area (Å²) in [6.07, 6.45) is 0. The maximum atomic E-state index is 13.4. The number of benzene rings is 2. The first-order valence-electron chi connectivity index (χ1n) is 5.79. The number of ether oxygens (including phenoxy) is 1. The van der Waals surface area contributed by atoms with Crippen molar-refractivity contribution < 1.29 is 13.5 Å². The minimum absolute atomic E-state index is 0.366. The van der Waals surface area contributed by atoms with E-state index in [0.29, 0.717) is 11.7 Å². The van der Waals surface area contributed by atoms with Crippen molar-refractivity contribution in [3.8, 4) is 11.5 Å². The highest BCUT2D eigenvalue weighted by molar-refractivity contribution is 5.35. The molecule has 0 fully saturated rings. The summed E-state index contributed by atoms with van der Waals surface area (Å²) in [7, 11) is 0. The Labute approximate surface area is 105 Å². The Bertz CT molecular complexity index is 512. The quantitative estimate of drug-likeness (QED) is 0.752. The zero-order valence-electron chi connectivity index (χ0n) is 10.3. The summed E-state index contributed by atoms with van der Waals surface area (Å²) < 4.78 is 32.0. The average Bonchev–Trinajstić information content (AvgIpc) is 2.34. The molecule has 0 spiro atoms. The van der Waals surface area contributed by atoms with Gasteiger partial charge < -0.3 is 4.74 Å². The van der Waals surface area contributed by atoms with Gasteiger partial charge in [-0.1, -0.05) is 32.0 Å². The fourth-order valence-electron chi connectivity index (χ4n) is 1.62. The molecule has 0 bridgehead atoms. The molecule has 0 aromatic heterocycles. The van der Waals surface area contributed by atoms with Gasteiger partial charge in [0.1, 0.15) is 5.75 Å². The van der Waals surface area contributed by atoms with E-state index in [1.54, 1.807) is 12.1 Å². The predicted molar refractivity (Wildman–Crippen MR) is 67.0 cm³/mol. The van der Waals surface area contributed by atoms with E-state index in [0.717, 1.165) is 5.56 Å². The second-order valence-corrected chi connectivity index (χ2v) is 4.38. The van der Waals surface area contributed by atoms with Crippen molar-refractivity contribution in [3.63, 3.8) is 0 Å². The number of halogens is 2. The molecule has 18 heavy (non-hydrogen) atoms. The topological polar surface area (TPSA) is 9.23 Å². The van der Waals surface area contributed by atoms with Crippen LogP contribution in [0, 0.1) is 11.6 Å². The predicted octanol–water partition coefficient (Wildman–Crippen LogP) is 4.88. The molecule has 0 saturated carbocycles. The lowest BCUT2D eigenvalue weighted by Crippen LogP contribution is -1.93. The Morgan fingerprint density at radius 1 is 0.889 bits per heavy atom. The molecular formula is C15H14F2O. The van der Waals surface area contributed by atoms with Crippen molar-refractivity contribution in [2.45, 2.75) is 19.8 Å². The lowest BCUT2D eigenvalue weighted by molar-refractivity contribution is 0.407. The standard InChI is InChI=1S/C15H14F2O/c1-10(2)11-6-8-12(9-7-11)18-15-13(16)4-3-5-14(15)17/h3-10H,1-2H3. The molecule has 0 aliphatic heterocycles. The summed E-state index contributed by atoms with van der Waals surface area (Å²) in [6, 6.07) is 10.8. The van der Waals surface area contributed by atoms with E-state index in [-0.39, 0.29) is 5.75 Å². The third-order valence-electron chi connectivity index (χ3n) is 2.69. The van der Waals surface area contributed by atoms with Gasteiger partial charge in [0.05, 0.1) is 0 Å². The summed E-state index contributed by atoms with van der Waals surface area (Å²) in [4.78, 5) is 0. The van der Waals surface area contributed by atoms with E-state index >= 15 is 0 Å². The lowest BCUT2D eigenvalue weighted by atomic mass is 10.0. The van der Waals surface area contributed by atoms with E-state index in [1.807, 2.05) is 12.1 Å². The minimum atomic E-state index is -0.706. The molecule has 2 aromatic carbocycles. The molecule has 2 aromatic rings. The van der Waals surface area contributed by atoms with Gasteiger partial charge in [-0.25, -0.2) is 8.78 Å². The molecule has 0 N–H and O–H groups in total. The van der Waals surface area contributed by atoms with Gasteiger partial charge >= 0.3 is 0 Å². The zero-order valence-corrected chi connectivity index (χ0v) is 10.3. The Kier molecular flexibility index (Phi) is 3.60. The van der Waals surface area contributed by atoms with E-state index in [9.17, 15) is 8.78 Å². The monoisotopic (exact) mass is 248 g/mol. The van der Waals surface area contributed by atoms with E-state index < -0.39 is 11.6 Å². The molecule has 94 valence electrons. The second kappa shape index (κ2) is 5.17. The third kappa shape index (κ3) is 2.67. The van der Waals surface area contributed by atoms with Crippen molar-refractivity contribution in [2.75, 3.05) is 0 Å². The van der Waals surface area contributed by atoms with Crippen LogP contribution in [-0.4, -0.2) is 0 Å². The number of hydrogen-bond donors (Lipinski definition) is 0. The second-order valence-electron chi connectivity index (χ2n) is 4.38. The van der Waals surface area contributed by atoms with Crippen LogP contribution in [0.2, 0.25) is 0 Å². The smallest absolute Gasteiger partial charge is 0.198 e. The molecule has 3 heteroatoms. The SMILES string of the molecule is CC(C)c1ccc(Oc2c(F)cccc2F)cc1. The van der Waals surface area contributed by atoms with Crippen LogP contribution in [0.15, 0.2) is 42.5 Å². The Morgan fingerprint density at radius 3 is 1.94 bits per heavy atom. The first-order valence-corrected chi connectivity index (χ1v) is 5.79. The van der Waals surface area contributed by atoms with Gasteiger partial charge in [0.15, 0.2) is 17.4 Å². The molecule has 0 amide bonds. The maximum Gasteiger partial charge on any atom is 0.198 e. The van der Waals surface area contributed by atoms with Gasteiger partial charge in [0.2, 0.25) is 0 Å². The molecular weight excluding hydrogens is 234 g/mol. The number of rotatable bonds is 3. The van der Waals surface area contributed by atoms with Crippen LogP contribution in [0.25, 0.3) is 0 Å². The highest BCUT2D eigenvalue weighted by Gasteiger charge is 2.10. The molecule has 0 saturated heterocycles. The summed E-state index contributed by atoms with van der Waals surface area (Å²) in [5.41, 5.74) is 1.15. The van der Waals surface area contributed by atoms with E-state index in [4.69, 9.17) is 4.74 Å².